The fraction of sp³-hybridized carbons (Fsp3) is 0.333. The Bertz CT molecular complexity index is 562. The first-order valence-corrected chi connectivity index (χ1v) is 7.51. The van der Waals surface area contributed by atoms with Gasteiger partial charge in [-0.3, -0.25) is 10.1 Å². The Morgan fingerprint density at radius 2 is 2.44 bits per heavy atom. The second kappa shape index (κ2) is 4.79. The number of carbonyl (C=O) groups excluding carboxylic acids is 1. The Morgan fingerprint density at radius 1 is 1.56 bits per heavy atom. The molecule has 18 heavy (non-hydrogen) atoms. The maximum Gasteiger partial charge on any atom is 0.267 e. The summed E-state index contributed by atoms with van der Waals surface area (Å²) in [5.41, 5.74) is 7.03. The minimum absolute atomic E-state index is 0.0830. The average molecular weight is 279 g/mol. The molecule has 2 heterocycles. The minimum Gasteiger partial charge on any atom is -0.327 e. The van der Waals surface area contributed by atoms with E-state index in [2.05, 4.69) is 10.3 Å². The number of aryl methyl sites for hydroxylation is 1. The van der Waals surface area contributed by atoms with Crippen molar-refractivity contribution < 1.29 is 4.79 Å². The van der Waals surface area contributed by atoms with E-state index in [1.165, 1.54) is 16.2 Å². The summed E-state index contributed by atoms with van der Waals surface area (Å²) >= 11 is 2.98. The van der Waals surface area contributed by atoms with Gasteiger partial charge in [0.2, 0.25) is 0 Å². The Labute approximate surface area is 113 Å². The number of hydrogen-bond donors (Lipinski definition) is 2. The van der Waals surface area contributed by atoms with Crippen LogP contribution in [0.5, 0.6) is 0 Å². The number of nitrogens with two attached hydrogens (primary N) is 1. The van der Waals surface area contributed by atoms with Crippen LogP contribution in [0.25, 0.3) is 0 Å². The van der Waals surface area contributed by atoms with E-state index < -0.39 is 0 Å². The third-order valence-electron chi connectivity index (χ3n) is 2.94. The zero-order chi connectivity index (χ0) is 12.5. The smallest absolute Gasteiger partial charge is 0.267 e. The van der Waals surface area contributed by atoms with Gasteiger partial charge in [-0.15, -0.1) is 22.7 Å². The number of thiophene rings is 1. The molecule has 0 spiro atoms. The van der Waals surface area contributed by atoms with Gasteiger partial charge in [0.1, 0.15) is 0 Å². The lowest BCUT2D eigenvalue weighted by Gasteiger charge is -2.15. The fourth-order valence-electron chi connectivity index (χ4n) is 2.02. The van der Waals surface area contributed by atoms with Crippen molar-refractivity contribution in [1.82, 2.24) is 4.98 Å². The molecule has 1 aliphatic carbocycles. The van der Waals surface area contributed by atoms with Crippen LogP contribution < -0.4 is 11.1 Å². The summed E-state index contributed by atoms with van der Waals surface area (Å²) in [5.74, 6) is -0.0830. The molecule has 0 saturated heterocycles. The summed E-state index contributed by atoms with van der Waals surface area (Å²) in [6, 6.07) is 3.91. The zero-order valence-corrected chi connectivity index (χ0v) is 11.3. The van der Waals surface area contributed by atoms with Crippen molar-refractivity contribution in [2.45, 2.75) is 25.3 Å². The summed E-state index contributed by atoms with van der Waals surface area (Å²) in [7, 11) is 0. The Morgan fingerprint density at radius 3 is 3.22 bits per heavy atom. The van der Waals surface area contributed by atoms with E-state index >= 15 is 0 Å². The van der Waals surface area contributed by atoms with Gasteiger partial charge in [-0.25, -0.2) is 4.98 Å². The normalized spacial score (nSPS) is 18.4. The van der Waals surface area contributed by atoms with E-state index in [0.717, 1.165) is 25.0 Å². The van der Waals surface area contributed by atoms with Crippen LogP contribution >= 0.6 is 22.7 Å². The molecular formula is C12H13N3OS2. The molecule has 0 fully saturated rings. The Kier molecular flexibility index (Phi) is 3.15. The number of carbonyl (C=O) groups is 1. The molecule has 0 radical (unpaired) electrons. The first-order chi connectivity index (χ1) is 8.72. The fourth-order valence-corrected chi connectivity index (χ4v) is 3.74. The van der Waals surface area contributed by atoms with Crippen LogP contribution in [0.3, 0.4) is 0 Å². The molecular weight excluding hydrogens is 266 g/mol. The van der Waals surface area contributed by atoms with Crippen molar-refractivity contribution in [3.05, 3.63) is 33.0 Å². The highest BCUT2D eigenvalue weighted by molar-refractivity contribution is 7.16. The topological polar surface area (TPSA) is 68.0 Å². The molecule has 0 bridgehead atoms. The molecule has 94 valence electrons. The summed E-state index contributed by atoms with van der Waals surface area (Å²) in [6.07, 6.45) is 2.78. The van der Waals surface area contributed by atoms with E-state index in [0.29, 0.717) is 10.0 Å². The Hall–Kier alpha value is -1.24. The molecule has 4 nitrogen and oxygen atoms in total. The van der Waals surface area contributed by atoms with Gasteiger partial charge in [0.15, 0.2) is 5.13 Å². The molecule has 3 N–H and O–H groups in total. The summed E-state index contributed by atoms with van der Waals surface area (Å²) in [5, 5.41) is 5.43. The predicted molar refractivity (Wildman–Crippen MR) is 74.4 cm³/mol. The number of rotatable bonds is 2. The minimum atomic E-state index is -0.0830. The SMILES string of the molecule is N[C@H]1CCc2nc(NC(=O)c3cccs3)sc2C1. The molecule has 1 aliphatic rings. The molecule has 2 aromatic heterocycles. The molecule has 3 rings (SSSR count). The van der Waals surface area contributed by atoms with E-state index in [1.807, 2.05) is 17.5 Å². The second-order valence-electron chi connectivity index (χ2n) is 4.32. The van der Waals surface area contributed by atoms with Gasteiger partial charge in [0.05, 0.1) is 10.6 Å². The van der Waals surface area contributed by atoms with E-state index in [1.54, 1.807) is 11.3 Å². The quantitative estimate of drug-likeness (QED) is 0.886. The molecule has 0 unspecified atom stereocenters. The van der Waals surface area contributed by atoms with Crippen LogP contribution in [0.1, 0.15) is 26.7 Å². The largest absolute Gasteiger partial charge is 0.327 e. The van der Waals surface area contributed by atoms with Crippen LogP contribution in [0, 0.1) is 0 Å². The average Bonchev–Trinajstić information content (AvgIpc) is 2.95. The van der Waals surface area contributed by atoms with E-state index in [4.69, 9.17) is 5.73 Å². The van der Waals surface area contributed by atoms with E-state index in [-0.39, 0.29) is 11.9 Å². The van der Waals surface area contributed by atoms with Crippen molar-refractivity contribution in [3.63, 3.8) is 0 Å². The van der Waals surface area contributed by atoms with Crippen LogP contribution in [0.2, 0.25) is 0 Å². The predicted octanol–water partition coefficient (Wildman–Crippen LogP) is 2.27. The van der Waals surface area contributed by atoms with Gasteiger partial charge in [-0.1, -0.05) is 6.07 Å². The van der Waals surface area contributed by atoms with Gasteiger partial charge in [0.25, 0.3) is 5.91 Å². The highest BCUT2D eigenvalue weighted by Crippen LogP contribution is 2.29. The number of anilines is 1. The van der Waals surface area contributed by atoms with Gasteiger partial charge in [0, 0.05) is 10.9 Å². The molecule has 0 aromatic carbocycles. The third-order valence-corrected chi connectivity index (χ3v) is 4.85. The molecule has 6 heteroatoms. The molecule has 0 saturated carbocycles. The van der Waals surface area contributed by atoms with Crippen molar-refractivity contribution in [2.75, 3.05) is 5.32 Å². The first kappa shape index (κ1) is 11.8. The van der Waals surface area contributed by atoms with Crippen molar-refractivity contribution in [1.29, 1.82) is 0 Å². The van der Waals surface area contributed by atoms with Crippen LogP contribution in [-0.4, -0.2) is 16.9 Å². The maximum absolute atomic E-state index is 11.9. The van der Waals surface area contributed by atoms with Crippen LogP contribution in [-0.2, 0) is 12.8 Å². The van der Waals surface area contributed by atoms with Crippen molar-refractivity contribution in [3.8, 4) is 0 Å². The van der Waals surface area contributed by atoms with Crippen molar-refractivity contribution >= 4 is 33.7 Å². The molecule has 0 aliphatic heterocycles. The summed E-state index contributed by atoms with van der Waals surface area (Å²) in [4.78, 5) is 18.3. The van der Waals surface area contributed by atoms with E-state index in [9.17, 15) is 4.79 Å². The highest BCUT2D eigenvalue weighted by Gasteiger charge is 2.21. The summed E-state index contributed by atoms with van der Waals surface area (Å²) in [6.45, 7) is 0. The maximum atomic E-state index is 11.9. The number of nitrogens with zero attached hydrogens (tertiary/aromatic N) is 1. The van der Waals surface area contributed by atoms with Gasteiger partial charge in [-0.2, -0.15) is 0 Å². The first-order valence-electron chi connectivity index (χ1n) is 5.81. The number of nitrogens with one attached hydrogen (secondary N) is 1. The number of hydrogen-bond acceptors (Lipinski definition) is 5. The van der Waals surface area contributed by atoms with Gasteiger partial charge < -0.3 is 5.73 Å². The lowest BCUT2D eigenvalue weighted by molar-refractivity contribution is 0.103. The summed E-state index contributed by atoms with van der Waals surface area (Å²) < 4.78 is 0. The third kappa shape index (κ3) is 2.31. The standard InChI is InChI=1S/C12H13N3OS2/c13-7-3-4-8-10(6-7)18-12(14-8)15-11(16)9-2-1-5-17-9/h1-2,5,7H,3-4,6,13H2,(H,14,15,16)/t7-/m0/s1. The number of thiazole rings is 1. The number of amides is 1. The van der Waals surface area contributed by atoms with Crippen molar-refractivity contribution in [2.24, 2.45) is 5.73 Å². The van der Waals surface area contributed by atoms with Gasteiger partial charge >= 0.3 is 0 Å². The lowest BCUT2D eigenvalue weighted by atomic mass is 9.99. The van der Waals surface area contributed by atoms with Crippen LogP contribution in [0.15, 0.2) is 17.5 Å². The zero-order valence-electron chi connectivity index (χ0n) is 9.68. The monoisotopic (exact) mass is 279 g/mol. The number of aromatic nitrogens is 1. The Balaban J connectivity index is 1.76. The van der Waals surface area contributed by atoms with Gasteiger partial charge in [-0.05, 0) is 30.7 Å². The molecule has 2 aromatic rings. The highest BCUT2D eigenvalue weighted by atomic mass is 32.1. The number of fused-ring (bicyclic) bond motifs is 1. The molecule has 1 amide bonds. The second-order valence-corrected chi connectivity index (χ2v) is 6.35. The molecule has 1 atom stereocenters. The lowest BCUT2D eigenvalue weighted by Crippen LogP contribution is -2.26. The van der Waals surface area contributed by atoms with Crippen LogP contribution in [0.4, 0.5) is 5.13 Å².